The fourth-order valence-corrected chi connectivity index (χ4v) is 6.56. The van der Waals surface area contributed by atoms with Crippen molar-refractivity contribution in [3.05, 3.63) is 35.0 Å². The molecule has 0 radical (unpaired) electrons. The van der Waals surface area contributed by atoms with Crippen LogP contribution in [0.5, 0.6) is 0 Å². The lowest BCUT2D eigenvalue weighted by Crippen LogP contribution is -2.39. The number of hydrogen-bond acceptors (Lipinski definition) is 2. The Labute approximate surface area is 191 Å². The first-order valence-electron chi connectivity index (χ1n) is 12.7. The molecule has 0 aliphatic heterocycles. The molecule has 2 saturated carbocycles. The minimum absolute atomic E-state index is 0.0172. The summed E-state index contributed by atoms with van der Waals surface area (Å²) in [6, 6.07) is 6.14. The Kier molecular flexibility index (Phi) is 5.26. The molecule has 1 amide bonds. The summed E-state index contributed by atoms with van der Waals surface area (Å²) in [4.78, 5) is 29.5. The standard InChI is InChI=1S/C28H38N2O2/c1-27(2)16-28(3,4)25(31)24-23(27)21-15-19(11-14-22(21)30-24)26(32)29-20-12-9-18(10-13-20)8-7-17-5-6-17/h11,14-15,17-18,20,30H,5-10,12-13,16H2,1-4H3,(H,29,32). The third kappa shape index (κ3) is 4.02. The summed E-state index contributed by atoms with van der Waals surface area (Å²) in [5.74, 6) is 2.07. The molecule has 2 N–H and O–H groups in total. The highest BCUT2D eigenvalue weighted by atomic mass is 16.1. The molecule has 172 valence electrons. The molecular weight excluding hydrogens is 396 g/mol. The maximum Gasteiger partial charge on any atom is 0.251 e. The van der Waals surface area contributed by atoms with E-state index in [0.29, 0.717) is 5.56 Å². The van der Waals surface area contributed by atoms with Gasteiger partial charge in [0.15, 0.2) is 5.78 Å². The van der Waals surface area contributed by atoms with Gasteiger partial charge in [0.25, 0.3) is 5.91 Å². The second kappa shape index (κ2) is 7.74. The van der Waals surface area contributed by atoms with Crippen molar-refractivity contribution in [3.63, 3.8) is 0 Å². The number of hydrogen-bond donors (Lipinski definition) is 2. The normalized spacial score (nSPS) is 26.7. The van der Waals surface area contributed by atoms with Crippen LogP contribution in [0.25, 0.3) is 10.9 Å². The number of carbonyl (C=O) groups is 2. The quantitative estimate of drug-likeness (QED) is 0.561. The van der Waals surface area contributed by atoms with Crippen molar-refractivity contribution in [2.75, 3.05) is 0 Å². The number of nitrogens with one attached hydrogen (secondary N) is 2. The van der Waals surface area contributed by atoms with Gasteiger partial charge >= 0.3 is 0 Å². The van der Waals surface area contributed by atoms with Gasteiger partial charge < -0.3 is 10.3 Å². The zero-order valence-electron chi connectivity index (χ0n) is 20.1. The van der Waals surface area contributed by atoms with Gasteiger partial charge in [-0.1, -0.05) is 53.4 Å². The van der Waals surface area contributed by atoms with Crippen LogP contribution in [0.3, 0.4) is 0 Å². The minimum Gasteiger partial charge on any atom is -0.352 e. The Morgan fingerprint density at radius 2 is 1.59 bits per heavy atom. The Balaban J connectivity index is 1.31. The van der Waals surface area contributed by atoms with Crippen LogP contribution in [0.15, 0.2) is 18.2 Å². The molecule has 32 heavy (non-hydrogen) atoms. The predicted molar refractivity (Wildman–Crippen MR) is 129 cm³/mol. The van der Waals surface area contributed by atoms with E-state index in [2.05, 4.69) is 24.1 Å². The SMILES string of the molecule is CC1(C)CC(C)(C)c2c([nH]c3ccc(C(=O)NC4CCC(CCC5CC5)CC4)cc23)C1=O. The lowest BCUT2D eigenvalue weighted by Gasteiger charge is -2.39. The van der Waals surface area contributed by atoms with Crippen molar-refractivity contribution < 1.29 is 9.59 Å². The average molecular weight is 435 g/mol. The molecule has 5 rings (SSSR count). The second-order valence-corrected chi connectivity index (χ2v) is 12.1. The third-order valence-corrected chi connectivity index (χ3v) is 8.33. The molecule has 1 aromatic carbocycles. The first-order chi connectivity index (χ1) is 15.1. The average Bonchev–Trinajstić information content (AvgIpc) is 3.48. The van der Waals surface area contributed by atoms with E-state index in [1.54, 1.807) is 0 Å². The van der Waals surface area contributed by atoms with Crippen molar-refractivity contribution in [1.29, 1.82) is 0 Å². The van der Waals surface area contributed by atoms with Crippen LogP contribution in [0.4, 0.5) is 0 Å². The van der Waals surface area contributed by atoms with Crippen molar-refractivity contribution in [2.24, 2.45) is 17.3 Å². The number of benzene rings is 1. The van der Waals surface area contributed by atoms with Gasteiger partial charge in [-0.2, -0.15) is 0 Å². The largest absolute Gasteiger partial charge is 0.352 e. The molecule has 0 bridgehead atoms. The number of ketones is 1. The molecule has 3 aliphatic rings. The maximum absolute atomic E-state index is 13.1. The number of aromatic amines is 1. The van der Waals surface area contributed by atoms with Crippen molar-refractivity contribution >= 4 is 22.6 Å². The number of aromatic nitrogens is 1. The first kappa shape index (κ1) is 21.7. The summed E-state index contributed by atoms with van der Waals surface area (Å²) in [5.41, 5.74) is 2.93. The Morgan fingerprint density at radius 3 is 2.22 bits per heavy atom. The van der Waals surface area contributed by atoms with E-state index in [4.69, 9.17) is 0 Å². The van der Waals surface area contributed by atoms with Gasteiger partial charge in [0.05, 0.1) is 5.69 Å². The molecule has 0 unspecified atom stereocenters. The van der Waals surface area contributed by atoms with E-state index in [9.17, 15) is 9.59 Å². The summed E-state index contributed by atoms with van der Waals surface area (Å²) < 4.78 is 0. The molecule has 2 fully saturated rings. The summed E-state index contributed by atoms with van der Waals surface area (Å²) >= 11 is 0. The third-order valence-electron chi connectivity index (χ3n) is 8.33. The summed E-state index contributed by atoms with van der Waals surface area (Å²) in [6.45, 7) is 8.49. The molecule has 0 saturated heterocycles. The van der Waals surface area contributed by atoms with Crippen molar-refractivity contribution in [3.8, 4) is 0 Å². The van der Waals surface area contributed by atoms with Gasteiger partial charge in [-0.05, 0) is 73.1 Å². The number of carbonyl (C=O) groups excluding carboxylic acids is 2. The van der Waals surface area contributed by atoms with Gasteiger partial charge in [0.2, 0.25) is 0 Å². The molecule has 2 aromatic rings. The molecule has 1 aromatic heterocycles. The van der Waals surface area contributed by atoms with Gasteiger partial charge in [-0.25, -0.2) is 0 Å². The smallest absolute Gasteiger partial charge is 0.251 e. The van der Waals surface area contributed by atoms with Crippen molar-refractivity contribution in [2.45, 2.75) is 96.9 Å². The van der Waals surface area contributed by atoms with Gasteiger partial charge in [0, 0.05) is 27.9 Å². The predicted octanol–water partition coefficient (Wildman–Crippen LogP) is 6.54. The summed E-state index contributed by atoms with van der Waals surface area (Å²) in [7, 11) is 0. The zero-order valence-corrected chi connectivity index (χ0v) is 20.1. The van der Waals surface area contributed by atoms with E-state index >= 15 is 0 Å². The van der Waals surface area contributed by atoms with E-state index in [1.165, 1.54) is 38.5 Å². The van der Waals surface area contributed by atoms with Crippen LogP contribution < -0.4 is 5.32 Å². The van der Waals surface area contributed by atoms with Crippen LogP contribution in [-0.4, -0.2) is 22.7 Å². The maximum atomic E-state index is 13.1. The fourth-order valence-electron chi connectivity index (χ4n) is 6.56. The van der Waals surface area contributed by atoms with E-state index in [0.717, 1.165) is 53.3 Å². The monoisotopic (exact) mass is 434 g/mol. The highest BCUT2D eigenvalue weighted by molar-refractivity contribution is 6.08. The molecule has 1 heterocycles. The number of rotatable bonds is 5. The number of Topliss-reactive ketones (excluding diaryl/α,β-unsaturated/α-hetero) is 1. The minimum atomic E-state index is -0.380. The lowest BCUT2D eigenvalue weighted by atomic mass is 9.63. The molecule has 4 heteroatoms. The van der Waals surface area contributed by atoms with Gasteiger partial charge in [0.1, 0.15) is 0 Å². The topological polar surface area (TPSA) is 62.0 Å². The van der Waals surface area contributed by atoms with E-state index in [1.807, 2.05) is 32.0 Å². The highest BCUT2D eigenvalue weighted by Gasteiger charge is 2.45. The Hall–Kier alpha value is -2.10. The van der Waals surface area contributed by atoms with E-state index < -0.39 is 0 Å². The van der Waals surface area contributed by atoms with Crippen LogP contribution in [-0.2, 0) is 5.41 Å². The molecule has 3 aliphatic carbocycles. The van der Waals surface area contributed by atoms with Crippen LogP contribution in [0.2, 0.25) is 0 Å². The van der Waals surface area contributed by atoms with E-state index in [-0.39, 0.29) is 28.6 Å². The lowest BCUT2D eigenvalue weighted by molar-refractivity contribution is 0.0759. The molecule has 0 spiro atoms. The summed E-state index contributed by atoms with van der Waals surface area (Å²) in [5, 5.41) is 4.32. The Bertz CT molecular complexity index is 1050. The number of amides is 1. The zero-order chi connectivity index (χ0) is 22.7. The molecule has 0 atom stereocenters. The van der Waals surface area contributed by atoms with Crippen molar-refractivity contribution in [1.82, 2.24) is 10.3 Å². The Morgan fingerprint density at radius 1 is 0.969 bits per heavy atom. The van der Waals surface area contributed by atoms with Gasteiger partial charge in [-0.3, -0.25) is 9.59 Å². The molecular formula is C28H38N2O2. The fraction of sp³-hybridized carbons (Fsp3) is 0.643. The number of H-pyrrole nitrogens is 1. The molecule has 4 nitrogen and oxygen atoms in total. The second-order valence-electron chi connectivity index (χ2n) is 12.1. The highest BCUT2D eigenvalue weighted by Crippen LogP contribution is 2.48. The summed E-state index contributed by atoms with van der Waals surface area (Å²) in [6.07, 6.45) is 11.2. The van der Waals surface area contributed by atoms with Crippen LogP contribution in [0, 0.1) is 17.3 Å². The van der Waals surface area contributed by atoms with Crippen LogP contribution in [0.1, 0.15) is 112 Å². The number of fused-ring (bicyclic) bond motifs is 3. The van der Waals surface area contributed by atoms with Gasteiger partial charge in [-0.15, -0.1) is 0 Å². The van der Waals surface area contributed by atoms with Crippen LogP contribution >= 0.6 is 0 Å². The first-order valence-corrected chi connectivity index (χ1v) is 12.7.